The molecule has 0 aliphatic heterocycles. The number of benzene rings is 3. The summed E-state index contributed by atoms with van der Waals surface area (Å²) in [6, 6.07) is 21.3. The molecule has 28 heavy (non-hydrogen) atoms. The van der Waals surface area contributed by atoms with Crippen molar-refractivity contribution in [1.29, 1.82) is 0 Å². The first-order valence-corrected chi connectivity index (χ1v) is 10.5. The van der Waals surface area contributed by atoms with Gasteiger partial charge in [-0.05, 0) is 17.7 Å². The molecule has 3 aromatic carbocycles. The molecule has 0 bridgehead atoms. The molecule has 5 nitrogen and oxygen atoms in total. The van der Waals surface area contributed by atoms with Gasteiger partial charge in [-0.15, -0.1) is 0 Å². The van der Waals surface area contributed by atoms with Crippen LogP contribution >= 0.6 is 7.14 Å². The van der Waals surface area contributed by atoms with E-state index in [4.69, 9.17) is 14.2 Å². The lowest BCUT2D eigenvalue weighted by molar-refractivity contribution is 0.254. The van der Waals surface area contributed by atoms with Gasteiger partial charge in [0.1, 0.15) is 5.85 Å². The van der Waals surface area contributed by atoms with Gasteiger partial charge in [-0.25, -0.2) is 0 Å². The molecule has 146 valence electrons. The minimum absolute atomic E-state index is 0.392. The fourth-order valence-electron chi connectivity index (χ4n) is 3.19. The van der Waals surface area contributed by atoms with Crippen LogP contribution in [-0.4, -0.2) is 26.4 Å². The molecule has 1 atom stereocenters. The topological polar surface area (TPSA) is 65.0 Å². The molecule has 0 spiro atoms. The molecule has 0 saturated heterocycles. The average molecular weight is 398 g/mol. The van der Waals surface area contributed by atoms with Gasteiger partial charge in [0.05, 0.1) is 21.3 Å². The molecule has 0 aromatic heterocycles. The van der Waals surface area contributed by atoms with E-state index in [0.29, 0.717) is 33.4 Å². The molecule has 0 heterocycles. The van der Waals surface area contributed by atoms with E-state index in [9.17, 15) is 9.67 Å². The number of aliphatic hydroxyl groups excluding tert-OH is 1. The first-order chi connectivity index (χ1) is 13.6. The van der Waals surface area contributed by atoms with E-state index in [1.807, 2.05) is 36.4 Å². The van der Waals surface area contributed by atoms with Gasteiger partial charge < -0.3 is 23.9 Å². The molecule has 0 aliphatic carbocycles. The van der Waals surface area contributed by atoms with Crippen molar-refractivity contribution in [1.82, 2.24) is 0 Å². The molecule has 0 amide bonds. The Bertz CT molecular complexity index is 904. The smallest absolute Gasteiger partial charge is 0.203 e. The van der Waals surface area contributed by atoms with Gasteiger partial charge in [-0.2, -0.15) is 0 Å². The Morgan fingerprint density at radius 3 is 1.54 bits per heavy atom. The van der Waals surface area contributed by atoms with Crippen LogP contribution < -0.4 is 24.8 Å². The van der Waals surface area contributed by atoms with E-state index < -0.39 is 13.0 Å². The van der Waals surface area contributed by atoms with Crippen LogP contribution in [0.4, 0.5) is 0 Å². The third-order valence-electron chi connectivity index (χ3n) is 4.61. The maximum atomic E-state index is 14.3. The summed E-state index contributed by atoms with van der Waals surface area (Å²) >= 11 is 0. The number of ether oxygens (including phenoxy) is 3. The molecular weight excluding hydrogens is 375 g/mol. The van der Waals surface area contributed by atoms with Gasteiger partial charge in [0.15, 0.2) is 18.6 Å². The highest BCUT2D eigenvalue weighted by molar-refractivity contribution is 7.78. The molecule has 0 aliphatic rings. The molecule has 6 heteroatoms. The number of aliphatic hydroxyl groups is 1. The lowest BCUT2D eigenvalue weighted by atomic mass is 10.2. The molecule has 3 rings (SSSR count). The van der Waals surface area contributed by atoms with Crippen molar-refractivity contribution in [3.8, 4) is 17.2 Å². The maximum Gasteiger partial charge on any atom is 0.203 e. The third kappa shape index (κ3) is 3.51. The largest absolute Gasteiger partial charge is 0.493 e. The summed E-state index contributed by atoms with van der Waals surface area (Å²) < 4.78 is 30.4. The molecule has 0 fully saturated rings. The summed E-state index contributed by atoms with van der Waals surface area (Å²) in [6.45, 7) is 0. The fourth-order valence-corrected chi connectivity index (χ4v) is 5.85. The normalized spacial score (nSPS) is 12.3. The van der Waals surface area contributed by atoms with Crippen LogP contribution in [0.3, 0.4) is 0 Å². The standard InChI is InChI=1S/C22H23O5P/c1-25-19-14-16(15-20(26-2)21(19)27-3)22(23)28(24,17-10-6-4-7-11-17)18-12-8-5-9-13-18/h4-15,22-23H,1-3H3. The molecular formula is C22H23O5P. The summed E-state index contributed by atoms with van der Waals surface area (Å²) in [5.41, 5.74) is 0.422. The monoisotopic (exact) mass is 398 g/mol. The Kier molecular flexibility index (Phi) is 6.08. The minimum atomic E-state index is -3.42. The Labute approximate surface area is 164 Å². The first-order valence-electron chi connectivity index (χ1n) is 8.75. The summed E-state index contributed by atoms with van der Waals surface area (Å²) in [6.07, 6.45) is 0. The summed E-state index contributed by atoms with van der Waals surface area (Å²) in [4.78, 5) is 0. The zero-order valence-electron chi connectivity index (χ0n) is 16.0. The van der Waals surface area contributed by atoms with Gasteiger partial charge >= 0.3 is 0 Å². The van der Waals surface area contributed by atoms with Crippen molar-refractivity contribution in [3.05, 3.63) is 78.4 Å². The molecule has 0 radical (unpaired) electrons. The van der Waals surface area contributed by atoms with Crippen molar-refractivity contribution in [3.63, 3.8) is 0 Å². The Hall–Kier alpha value is -2.75. The Morgan fingerprint density at radius 2 is 1.18 bits per heavy atom. The van der Waals surface area contributed by atoms with Crippen molar-refractivity contribution < 1.29 is 23.9 Å². The van der Waals surface area contributed by atoms with Crippen molar-refractivity contribution in [2.45, 2.75) is 5.85 Å². The average Bonchev–Trinajstić information content (AvgIpc) is 2.78. The van der Waals surface area contributed by atoms with Crippen molar-refractivity contribution in [2.24, 2.45) is 0 Å². The highest BCUT2D eigenvalue weighted by atomic mass is 31.2. The van der Waals surface area contributed by atoms with E-state index in [0.717, 1.165) is 0 Å². The van der Waals surface area contributed by atoms with Gasteiger partial charge in [0.2, 0.25) is 5.75 Å². The highest BCUT2D eigenvalue weighted by Crippen LogP contribution is 2.57. The van der Waals surface area contributed by atoms with E-state index in [2.05, 4.69) is 0 Å². The number of hydrogen-bond donors (Lipinski definition) is 1. The molecule has 0 saturated carbocycles. The Morgan fingerprint density at radius 1 is 0.750 bits per heavy atom. The lowest BCUT2D eigenvalue weighted by Crippen LogP contribution is -2.21. The predicted molar refractivity (Wildman–Crippen MR) is 111 cm³/mol. The molecule has 1 unspecified atom stereocenters. The summed E-state index contributed by atoms with van der Waals surface area (Å²) in [5, 5.41) is 12.5. The second-order valence-corrected chi connectivity index (χ2v) is 9.00. The fraction of sp³-hybridized carbons (Fsp3) is 0.182. The van der Waals surface area contributed by atoms with Crippen LogP contribution in [0.1, 0.15) is 11.4 Å². The van der Waals surface area contributed by atoms with Gasteiger partial charge in [0.25, 0.3) is 0 Å². The second-order valence-electron chi connectivity index (χ2n) is 6.16. The van der Waals surface area contributed by atoms with Crippen molar-refractivity contribution in [2.75, 3.05) is 21.3 Å². The van der Waals surface area contributed by atoms with Crippen LogP contribution in [-0.2, 0) is 4.57 Å². The van der Waals surface area contributed by atoms with Crippen LogP contribution in [0.5, 0.6) is 17.2 Å². The summed E-state index contributed by atoms with van der Waals surface area (Å²) in [7, 11) is 1.09. The molecule has 3 aromatic rings. The minimum Gasteiger partial charge on any atom is -0.493 e. The van der Waals surface area contributed by atoms with E-state index in [-0.39, 0.29) is 0 Å². The van der Waals surface area contributed by atoms with E-state index in [1.165, 1.54) is 21.3 Å². The van der Waals surface area contributed by atoms with E-state index >= 15 is 0 Å². The third-order valence-corrected chi connectivity index (χ3v) is 7.73. The quantitative estimate of drug-likeness (QED) is 0.615. The van der Waals surface area contributed by atoms with Crippen LogP contribution in [0.2, 0.25) is 0 Å². The number of hydrogen-bond acceptors (Lipinski definition) is 5. The van der Waals surface area contributed by atoms with Crippen LogP contribution in [0, 0.1) is 0 Å². The number of methoxy groups -OCH3 is 3. The van der Waals surface area contributed by atoms with Gasteiger partial charge in [-0.3, -0.25) is 0 Å². The zero-order valence-corrected chi connectivity index (χ0v) is 16.9. The van der Waals surface area contributed by atoms with Crippen LogP contribution in [0.15, 0.2) is 72.8 Å². The second kappa shape index (κ2) is 8.51. The highest BCUT2D eigenvalue weighted by Gasteiger charge is 2.37. The Balaban J connectivity index is 2.21. The SMILES string of the molecule is COc1cc(C(O)P(=O)(c2ccccc2)c2ccccc2)cc(OC)c1OC. The zero-order chi connectivity index (χ0) is 20.1. The maximum absolute atomic E-state index is 14.3. The van der Waals surface area contributed by atoms with Crippen molar-refractivity contribution >= 4 is 17.8 Å². The molecule has 1 N–H and O–H groups in total. The van der Waals surface area contributed by atoms with Crippen LogP contribution in [0.25, 0.3) is 0 Å². The van der Waals surface area contributed by atoms with Gasteiger partial charge in [0, 0.05) is 10.6 Å². The van der Waals surface area contributed by atoms with E-state index in [1.54, 1.807) is 36.4 Å². The first kappa shape index (κ1) is 20.0. The predicted octanol–water partition coefficient (Wildman–Crippen LogP) is 3.72. The van der Waals surface area contributed by atoms with Gasteiger partial charge in [-0.1, -0.05) is 60.7 Å². The lowest BCUT2D eigenvalue weighted by Gasteiger charge is -2.26. The number of rotatable bonds is 7. The summed E-state index contributed by atoms with van der Waals surface area (Å²) in [5.74, 6) is -0.0895.